The van der Waals surface area contributed by atoms with Crippen LogP contribution in [0.25, 0.3) is 0 Å². The third-order valence-electron chi connectivity index (χ3n) is 4.21. The molecule has 1 aliphatic rings. The second-order valence-corrected chi connectivity index (χ2v) is 7.28. The van der Waals surface area contributed by atoms with E-state index in [9.17, 15) is 4.79 Å². The summed E-state index contributed by atoms with van der Waals surface area (Å²) in [4.78, 5) is 14.5. The van der Waals surface area contributed by atoms with E-state index in [2.05, 4.69) is 32.8 Å². The summed E-state index contributed by atoms with van der Waals surface area (Å²) < 4.78 is 1.70. The molecule has 0 spiro atoms. The van der Waals surface area contributed by atoms with Crippen molar-refractivity contribution in [1.29, 1.82) is 0 Å². The number of carbonyl (C=O) groups is 1. The van der Waals surface area contributed by atoms with Crippen molar-refractivity contribution in [1.82, 2.24) is 14.7 Å². The molecule has 1 saturated heterocycles. The molecule has 20 heavy (non-hydrogen) atoms. The number of nitrogens with zero attached hydrogens (tertiary/aromatic N) is 3. The quantitative estimate of drug-likeness (QED) is 0.892. The first-order valence-corrected chi connectivity index (χ1v) is 7.20. The second-order valence-electron chi connectivity index (χ2n) is 7.28. The Morgan fingerprint density at radius 2 is 2.15 bits per heavy atom. The maximum atomic E-state index is 12.6. The molecule has 2 heterocycles. The maximum absolute atomic E-state index is 12.6. The molecule has 0 saturated carbocycles. The Hall–Kier alpha value is -1.36. The Balaban J connectivity index is 2.21. The van der Waals surface area contributed by atoms with Crippen LogP contribution in [-0.4, -0.2) is 40.2 Å². The summed E-state index contributed by atoms with van der Waals surface area (Å²) in [5.74, 6) is 0.0627. The largest absolute Gasteiger partial charge is 0.337 e. The SMILES string of the molecule is Cn1nc(C(C)(C)C)cc1C(=O)N1CCC(C)(CN)C1. The van der Waals surface area contributed by atoms with Crippen LogP contribution in [0.4, 0.5) is 0 Å². The third kappa shape index (κ3) is 2.73. The molecule has 0 aromatic carbocycles. The number of hydrogen-bond acceptors (Lipinski definition) is 3. The van der Waals surface area contributed by atoms with Crippen molar-refractivity contribution >= 4 is 5.91 Å². The van der Waals surface area contributed by atoms with E-state index in [-0.39, 0.29) is 16.7 Å². The fraction of sp³-hybridized carbons (Fsp3) is 0.733. The van der Waals surface area contributed by atoms with Gasteiger partial charge in [0.25, 0.3) is 5.91 Å². The zero-order valence-electron chi connectivity index (χ0n) is 13.2. The summed E-state index contributed by atoms with van der Waals surface area (Å²) in [6, 6.07) is 1.92. The molecule has 1 aromatic rings. The van der Waals surface area contributed by atoms with Crippen LogP contribution in [0.3, 0.4) is 0 Å². The van der Waals surface area contributed by atoms with Crippen molar-refractivity contribution < 1.29 is 4.79 Å². The maximum Gasteiger partial charge on any atom is 0.272 e. The first kappa shape index (κ1) is 15.0. The fourth-order valence-electron chi connectivity index (χ4n) is 2.56. The number of amides is 1. The summed E-state index contributed by atoms with van der Waals surface area (Å²) in [6.07, 6.45) is 0.971. The first-order valence-electron chi connectivity index (χ1n) is 7.20. The van der Waals surface area contributed by atoms with Gasteiger partial charge in [0.15, 0.2) is 0 Å². The Bertz CT molecular complexity index is 514. The van der Waals surface area contributed by atoms with Gasteiger partial charge in [-0.2, -0.15) is 5.10 Å². The molecule has 1 aliphatic heterocycles. The molecule has 1 fully saturated rings. The van der Waals surface area contributed by atoms with Gasteiger partial charge >= 0.3 is 0 Å². The van der Waals surface area contributed by atoms with Crippen LogP contribution in [-0.2, 0) is 12.5 Å². The summed E-state index contributed by atoms with van der Waals surface area (Å²) in [5, 5.41) is 4.48. The minimum absolute atomic E-state index is 0.0485. The minimum atomic E-state index is -0.0485. The lowest BCUT2D eigenvalue weighted by Crippen LogP contribution is -2.35. The number of aryl methyl sites for hydroxylation is 1. The van der Waals surface area contributed by atoms with Gasteiger partial charge in [-0.3, -0.25) is 9.48 Å². The van der Waals surface area contributed by atoms with Crippen molar-refractivity contribution in [2.24, 2.45) is 18.2 Å². The van der Waals surface area contributed by atoms with Gasteiger partial charge in [-0.1, -0.05) is 27.7 Å². The topological polar surface area (TPSA) is 64.2 Å². The van der Waals surface area contributed by atoms with Crippen LogP contribution in [0.15, 0.2) is 6.07 Å². The molecule has 5 heteroatoms. The molecule has 0 aliphatic carbocycles. The van der Waals surface area contributed by atoms with Gasteiger partial charge in [-0.15, -0.1) is 0 Å². The summed E-state index contributed by atoms with van der Waals surface area (Å²) in [7, 11) is 1.83. The van der Waals surface area contributed by atoms with Crippen molar-refractivity contribution in [2.45, 2.75) is 39.5 Å². The van der Waals surface area contributed by atoms with Gasteiger partial charge in [0.1, 0.15) is 5.69 Å². The van der Waals surface area contributed by atoms with E-state index in [0.717, 1.165) is 25.2 Å². The smallest absolute Gasteiger partial charge is 0.272 e. The fourth-order valence-corrected chi connectivity index (χ4v) is 2.56. The monoisotopic (exact) mass is 278 g/mol. The van der Waals surface area contributed by atoms with E-state index in [1.165, 1.54) is 0 Å². The van der Waals surface area contributed by atoms with Crippen LogP contribution in [0.2, 0.25) is 0 Å². The highest BCUT2D eigenvalue weighted by Crippen LogP contribution is 2.30. The third-order valence-corrected chi connectivity index (χ3v) is 4.21. The predicted octanol–water partition coefficient (Wildman–Crippen LogP) is 1.53. The molecule has 1 unspecified atom stereocenters. The number of nitrogens with two attached hydrogens (primary N) is 1. The van der Waals surface area contributed by atoms with E-state index in [1.54, 1.807) is 4.68 Å². The molecule has 5 nitrogen and oxygen atoms in total. The molecule has 0 bridgehead atoms. The highest BCUT2D eigenvalue weighted by molar-refractivity contribution is 5.93. The lowest BCUT2D eigenvalue weighted by atomic mass is 9.90. The highest BCUT2D eigenvalue weighted by Gasteiger charge is 2.36. The van der Waals surface area contributed by atoms with E-state index < -0.39 is 0 Å². The van der Waals surface area contributed by atoms with Crippen molar-refractivity contribution in [3.05, 3.63) is 17.5 Å². The van der Waals surface area contributed by atoms with Crippen LogP contribution >= 0.6 is 0 Å². The van der Waals surface area contributed by atoms with Gasteiger partial charge in [-0.05, 0) is 24.4 Å². The highest BCUT2D eigenvalue weighted by atomic mass is 16.2. The molecule has 1 aromatic heterocycles. The van der Waals surface area contributed by atoms with Crippen LogP contribution in [0, 0.1) is 5.41 Å². The summed E-state index contributed by atoms with van der Waals surface area (Å²) >= 11 is 0. The Kier molecular flexibility index (Phi) is 3.67. The zero-order chi connectivity index (χ0) is 15.1. The molecule has 112 valence electrons. The van der Waals surface area contributed by atoms with Gasteiger partial charge in [0.05, 0.1) is 5.69 Å². The number of rotatable bonds is 2. The van der Waals surface area contributed by atoms with E-state index in [0.29, 0.717) is 12.2 Å². The van der Waals surface area contributed by atoms with Gasteiger partial charge in [0.2, 0.25) is 0 Å². The number of likely N-dealkylation sites (tertiary alicyclic amines) is 1. The average Bonchev–Trinajstić information content (AvgIpc) is 2.92. The van der Waals surface area contributed by atoms with Gasteiger partial charge in [0, 0.05) is 25.6 Å². The lowest BCUT2D eigenvalue weighted by Gasteiger charge is -2.22. The molecule has 0 radical (unpaired) electrons. The second kappa shape index (κ2) is 4.88. The first-order chi connectivity index (χ1) is 9.16. The van der Waals surface area contributed by atoms with E-state index in [1.807, 2.05) is 18.0 Å². The standard InChI is InChI=1S/C15H26N4O/c1-14(2,3)12-8-11(18(5)17-12)13(20)19-7-6-15(4,9-16)10-19/h8H,6-7,9-10,16H2,1-5H3. The molecular weight excluding hydrogens is 252 g/mol. The van der Waals surface area contributed by atoms with Crippen LogP contribution in [0.1, 0.15) is 50.3 Å². The Morgan fingerprint density at radius 3 is 2.60 bits per heavy atom. The number of carbonyl (C=O) groups excluding carboxylic acids is 1. The van der Waals surface area contributed by atoms with Crippen molar-refractivity contribution in [3.63, 3.8) is 0 Å². The van der Waals surface area contributed by atoms with Gasteiger partial charge in [-0.25, -0.2) is 0 Å². The molecule has 2 N–H and O–H groups in total. The molecular formula is C15H26N4O. The number of aromatic nitrogens is 2. The van der Waals surface area contributed by atoms with E-state index >= 15 is 0 Å². The number of hydrogen-bond donors (Lipinski definition) is 1. The average molecular weight is 278 g/mol. The zero-order valence-corrected chi connectivity index (χ0v) is 13.2. The lowest BCUT2D eigenvalue weighted by molar-refractivity contribution is 0.0766. The minimum Gasteiger partial charge on any atom is -0.337 e. The summed E-state index contributed by atoms with van der Waals surface area (Å²) in [5.41, 5.74) is 7.42. The summed E-state index contributed by atoms with van der Waals surface area (Å²) in [6.45, 7) is 10.6. The normalized spacial score (nSPS) is 23.4. The Labute approximate surface area is 121 Å². The molecule has 1 amide bonds. The Morgan fingerprint density at radius 1 is 1.50 bits per heavy atom. The predicted molar refractivity (Wildman–Crippen MR) is 79.6 cm³/mol. The van der Waals surface area contributed by atoms with Crippen LogP contribution in [0.5, 0.6) is 0 Å². The van der Waals surface area contributed by atoms with Crippen LogP contribution < -0.4 is 5.73 Å². The van der Waals surface area contributed by atoms with Crippen molar-refractivity contribution in [2.75, 3.05) is 19.6 Å². The van der Waals surface area contributed by atoms with Crippen molar-refractivity contribution in [3.8, 4) is 0 Å². The van der Waals surface area contributed by atoms with Gasteiger partial charge < -0.3 is 10.6 Å². The van der Waals surface area contributed by atoms with E-state index in [4.69, 9.17) is 5.73 Å². The molecule has 2 rings (SSSR count). The molecule has 1 atom stereocenters.